The normalized spacial score (nSPS) is 24.1. The molecule has 5 saturated heterocycles. The highest BCUT2D eigenvalue weighted by molar-refractivity contribution is 7.86. The number of benzene rings is 1. The molecule has 5 fully saturated rings. The number of amides is 1. The summed E-state index contributed by atoms with van der Waals surface area (Å²) in [6.07, 6.45) is 6.16. The van der Waals surface area contributed by atoms with Crippen LogP contribution >= 0.6 is 0 Å². The van der Waals surface area contributed by atoms with Crippen molar-refractivity contribution in [3.63, 3.8) is 0 Å². The first kappa shape index (κ1) is 33.6. The van der Waals surface area contributed by atoms with Crippen molar-refractivity contribution in [2.24, 2.45) is 16.7 Å². The Morgan fingerprint density at radius 1 is 1.02 bits per heavy atom. The van der Waals surface area contributed by atoms with Crippen LogP contribution in [0.25, 0.3) is 0 Å². The number of halogens is 1. The van der Waals surface area contributed by atoms with E-state index >= 15 is 0 Å². The fourth-order valence-corrected chi connectivity index (χ4v) is 10.3. The zero-order valence-corrected chi connectivity index (χ0v) is 29.4. The molecule has 0 saturated carbocycles. The number of anilines is 1. The second-order valence-electron chi connectivity index (χ2n) is 15.4. The average Bonchev–Trinajstić information content (AvgIpc) is 3.45. The summed E-state index contributed by atoms with van der Waals surface area (Å²) >= 11 is 0. The van der Waals surface area contributed by atoms with E-state index in [1.807, 2.05) is 27.7 Å². The van der Waals surface area contributed by atoms with Crippen molar-refractivity contribution in [2.75, 3.05) is 76.9 Å². The number of piperidine rings is 1. The molecular weight excluding hydrogens is 635 g/mol. The van der Waals surface area contributed by atoms with Crippen molar-refractivity contribution >= 4 is 21.9 Å². The van der Waals surface area contributed by atoms with Crippen LogP contribution in [0.4, 0.5) is 10.2 Å². The van der Waals surface area contributed by atoms with Crippen LogP contribution in [0.2, 0.25) is 0 Å². The van der Waals surface area contributed by atoms with Gasteiger partial charge in [0, 0.05) is 81.8 Å². The van der Waals surface area contributed by atoms with E-state index in [0.717, 1.165) is 65.1 Å². The van der Waals surface area contributed by atoms with Crippen LogP contribution in [0, 0.1) is 22.6 Å². The lowest BCUT2D eigenvalue weighted by molar-refractivity contribution is 0.0127. The maximum absolute atomic E-state index is 14.4. The third-order valence-corrected chi connectivity index (χ3v) is 13.0. The van der Waals surface area contributed by atoms with E-state index in [1.165, 1.54) is 24.5 Å². The number of rotatable bonds is 10. The number of hydrogen-bond acceptors (Lipinski definition) is 9. The summed E-state index contributed by atoms with van der Waals surface area (Å²) in [5.41, 5.74) is 0.549. The molecule has 2 aromatic rings. The number of hydrogen-bond donors (Lipinski definition) is 1. The van der Waals surface area contributed by atoms with E-state index < -0.39 is 16.0 Å². The number of carbonyl (C=O) groups is 1. The molecule has 14 heteroatoms. The molecule has 0 aliphatic carbocycles. The van der Waals surface area contributed by atoms with Crippen molar-refractivity contribution < 1.29 is 22.3 Å². The number of aromatic nitrogens is 2. The molecule has 0 radical (unpaired) electrons. The maximum atomic E-state index is 14.4. The summed E-state index contributed by atoms with van der Waals surface area (Å²) in [5.74, 6) is 0.953. The molecule has 0 unspecified atom stereocenters. The van der Waals surface area contributed by atoms with Gasteiger partial charge < -0.3 is 24.8 Å². The number of carbonyl (C=O) groups excluding carboxylic acids is 1. The highest BCUT2D eigenvalue weighted by Crippen LogP contribution is 2.45. The standard InChI is InChI=1S/C34H49FN8O4S/c1-24(2)43(25(3)4)32(44)28-13-27(35)5-6-29(28)47-30-14-36-23-38-31(30)40-19-33(20-40)8-11-39(12-9-33)15-26-7-10-41(16-26)48(45,46)42-21-34(22-42)17-37-18-34/h5-6,13-14,23-26,37H,7-12,15-22H2,1-4H3/t26-/m1/s1. The average molecular weight is 685 g/mol. The first-order valence-electron chi connectivity index (χ1n) is 17.4. The van der Waals surface area contributed by atoms with Gasteiger partial charge in [-0.2, -0.15) is 17.0 Å². The summed E-state index contributed by atoms with van der Waals surface area (Å²) in [5, 5.41) is 3.27. The zero-order chi connectivity index (χ0) is 33.8. The van der Waals surface area contributed by atoms with E-state index in [1.54, 1.807) is 19.7 Å². The van der Waals surface area contributed by atoms with Crippen LogP contribution in [-0.2, 0) is 10.2 Å². The Morgan fingerprint density at radius 3 is 2.38 bits per heavy atom. The SMILES string of the molecule is CC(C)N(C(=O)c1cc(F)ccc1Oc1cncnc1N1CC2(CCN(C[C@H]3CCN(S(=O)(=O)N4CC5(CNC5)C4)C3)CC2)C1)C(C)C. The molecular formula is C34H49FN8O4S. The lowest BCUT2D eigenvalue weighted by Gasteiger charge is -2.55. The minimum Gasteiger partial charge on any atom is -0.451 e. The summed E-state index contributed by atoms with van der Waals surface area (Å²) in [6, 6.07) is 3.90. The Labute approximate surface area is 283 Å². The number of likely N-dealkylation sites (tertiary alicyclic amines) is 1. The molecule has 2 spiro atoms. The van der Waals surface area contributed by atoms with Crippen molar-refractivity contribution in [2.45, 2.75) is 59.0 Å². The van der Waals surface area contributed by atoms with Crippen LogP contribution in [0.3, 0.4) is 0 Å². The van der Waals surface area contributed by atoms with Gasteiger partial charge in [0.25, 0.3) is 16.1 Å². The number of nitrogens with one attached hydrogen (secondary N) is 1. The van der Waals surface area contributed by atoms with Crippen LogP contribution in [-0.4, -0.2) is 127 Å². The quantitative estimate of drug-likeness (QED) is 0.404. The van der Waals surface area contributed by atoms with Gasteiger partial charge in [-0.25, -0.2) is 14.4 Å². The van der Waals surface area contributed by atoms with E-state index in [0.29, 0.717) is 43.7 Å². The van der Waals surface area contributed by atoms with Gasteiger partial charge in [-0.15, -0.1) is 0 Å². The summed E-state index contributed by atoms with van der Waals surface area (Å²) in [4.78, 5) is 28.7. The summed E-state index contributed by atoms with van der Waals surface area (Å²) in [7, 11) is -3.35. The predicted molar refractivity (Wildman–Crippen MR) is 181 cm³/mol. The Bertz CT molecular complexity index is 1600. The maximum Gasteiger partial charge on any atom is 0.282 e. The minimum atomic E-state index is -3.35. The van der Waals surface area contributed by atoms with Gasteiger partial charge in [0.05, 0.1) is 11.8 Å². The van der Waals surface area contributed by atoms with Crippen LogP contribution in [0.1, 0.15) is 57.3 Å². The van der Waals surface area contributed by atoms with Gasteiger partial charge in [-0.05, 0) is 84.2 Å². The zero-order valence-electron chi connectivity index (χ0n) is 28.6. The van der Waals surface area contributed by atoms with E-state index in [4.69, 9.17) is 4.74 Å². The molecule has 1 aromatic carbocycles. The highest BCUT2D eigenvalue weighted by atomic mass is 32.2. The van der Waals surface area contributed by atoms with Gasteiger partial charge in [-0.3, -0.25) is 4.79 Å². The fourth-order valence-electron chi connectivity index (χ4n) is 8.39. The molecule has 5 aliphatic heterocycles. The molecule has 6 heterocycles. The Balaban J connectivity index is 0.932. The minimum absolute atomic E-state index is 0.0650. The van der Waals surface area contributed by atoms with Gasteiger partial charge in [0.2, 0.25) is 0 Å². The third kappa shape index (κ3) is 6.30. The van der Waals surface area contributed by atoms with Crippen LogP contribution in [0.15, 0.2) is 30.7 Å². The van der Waals surface area contributed by atoms with Crippen molar-refractivity contribution in [1.82, 2.24) is 33.7 Å². The molecule has 48 heavy (non-hydrogen) atoms. The molecule has 1 atom stereocenters. The molecule has 0 bridgehead atoms. The van der Waals surface area contributed by atoms with Gasteiger partial charge in [0.1, 0.15) is 17.9 Å². The predicted octanol–water partition coefficient (Wildman–Crippen LogP) is 3.04. The lowest BCUT2D eigenvalue weighted by atomic mass is 9.72. The molecule has 1 amide bonds. The topological polar surface area (TPSA) is 114 Å². The Morgan fingerprint density at radius 2 is 1.73 bits per heavy atom. The van der Waals surface area contributed by atoms with Crippen LogP contribution in [0.5, 0.6) is 11.5 Å². The molecule has 262 valence electrons. The molecule has 5 aliphatic rings. The number of nitrogens with zero attached hydrogens (tertiary/aromatic N) is 7. The highest BCUT2D eigenvalue weighted by Gasteiger charge is 2.53. The molecule has 7 rings (SSSR count). The van der Waals surface area contributed by atoms with Crippen molar-refractivity contribution in [1.29, 1.82) is 0 Å². The summed E-state index contributed by atoms with van der Waals surface area (Å²) in [6.45, 7) is 16.8. The van der Waals surface area contributed by atoms with Crippen LogP contribution < -0.4 is 15.0 Å². The van der Waals surface area contributed by atoms with Crippen molar-refractivity contribution in [3.8, 4) is 11.5 Å². The number of ether oxygens (including phenoxy) is 1. The van der Waals surface area contributed by atoms with E-state index in [-0.39, 0.29) is 40.1 Å². The molecule has 12 nitrogen and oxygen atoms in total. The smallest absolute Gasteiger partial charge is 0.282 e. The van der Waals surface area contributed by atoms with Gasteiger partial charge in [0.15, 0.2) is 11.6 Å². The Kier molecular flexibility index (Phi) is 8.93. The fraction of sp³-hybridized carbons (Fsp3) is 0.676. The van der Waals surface area contributed by atoms with Gasteiger partial charge >= 0.3 is 0 Å². The largest absolute Gasteiger partial charge is 0.451 e. The second-order valence-corrected chi connectivity index (χ2v) is 17.3. The summed E-state index contributed by atoms with van der Waals surface area (Å²) < 4.78 is 50.4. The Hall–Kier alpha value is -2.91. The molecule has 1 N–H and O–H groups in total. The monoisotopic (exact) mass is 684 g/mol. The second kappa shape index (κ2) is 12.8. The first-order chi connectivity index (χ1) is 22.9. The first-order valence-corrected chi connectivity index (χ1v) is 18.8. The van der Waals surface area contributed by atoms with Crippen molar-refractivity contribution in [3.05, 3.63) is 42.1 Å². The lowest BCUT2D eigenvalue weighted by Crippen LogP contribution is -2.72. The van der Waals surface area contributed by atoms with E-state index in [2.05, 4.69) is 25.1 Å². The third-order valence-electron chi connectivity index (χ3n) is 11.1. The van der Waals surface area contributed by atoms with E-state index in [9.17, 15) is 17.6 Å². The molecule has 1 aromatic heterocycles. The van der Waals surface area contributed by atoms with Gasteiger partial charge in [-0.1, -0.05) is 0 Å².